The second kappa shape index (κ2) is 9.07. The lowest BCUT2D eigenvalue weighted by Gasteiger charge is -2.07. The van der Waals surface area contributed by atoms with E-state index in [9.17, 15) is 9.59 Å². The van der Waals surface area contributed by atoms with Gasteiger partial charge in [-0.05, 0) is 12.5 Å². The maximum Gasteiger partial charge on any atom is 0.281 e. The van der Waals surface area contributed by atoms with E-state index in [1.807, 2.05) is 60.7 Å². The third-order valence-electron chi connectivity index (χ3n) is 3.68. The van der Waals surface area contributed by atoms with Crippen LogP contribution < -0.4 is 10.9 Å². The summed E-state index contributed by atoms with van der Waals surface area (Å²) in [5.41, 5.74) is 7.30. The number of carbonyl (C=O) groups excluding carboxylic acids is 2. The van der Waals surface area contributed by atoms with Crippen molar-refractivity contribution in [2.24, 2.45) is 0 Å². The highest BCUT2D eigenvalue weighted by Crippen LogP contribution is 2.27. The Bertz CT molecular complexity index is 911. The fourth-order valence-corrected chi connectivity index (χ4v) is 3.33. The highest BCUT2D eigenvalue weighted by molar-refractivity contribution is 7.17. The minimum absolute atomic E-state index is 0.147. The maximum absolute atomic E-state index is 12.3. The van der Waals surface area contributed by atoms with E-state index in [1.165, 1.54) is 11.3 Å². The molecule has 2 aromatic carbocycles. The van der Waals surface area contributed by atoms with Gasteiger partial charge in [0.2, 0.25) is 0 Å². The van der Waals surface area contributed by atoms with Crippen LogP contribution in [0.2, 0.25) is 0 Å². The molecule has 0 aliphatic carbocycles. The fourth-order valence-electron chi connectivity index (χ4n) is 2.37. The minimum atomic E-state index is -0.426. The van der Waals surface area contributed by atoms with Crippen molar-refractivity contribution < 1.29 is 14.3 Å². The van der Waals surface area contributed by atoms with Crippen molar-refractivity contribution in [2.45, 2.75) is 13.5 Å². The van der Waals surface area contributed by atoms with Crippen LogP contribution in [0.4, 0.5) is 0 Å². The number of hydrazine groups is 1. The Balaban J connectivity index is 1.49. The van der Waals surface area contributed by atoms with Gasteiger partial charge in [0.15, 0.2) is 0 Å². The molecule has 0 aliphatic rings. The molecular weight excluding hydrogens is 362 g/mol. The van der Waals surface area contributed by atoms with Gasteiger partial charge in [-0.3, -0.25) is 20.4 Å². The SMILES string of the molecule is Cc1nc(-c2ccccc2)sc1C(=O)NNC(=O)COCc1ccccc1. The van der Waals surface area contributed by atoms with E-state index in [4.69, 9.17) is 4.74 Å². The number of thiazole rings is 1. The molecule has 2 amide bonds. The molecule has 1 heterocycles. The lowest BCUT2D eigenvalue weighted by Crippen LogP contribution is -2.43. The summed E-state index contributed by atoms with van der Waals surface area (Å²) in [6, 6.07) is 19.2. The molecule has 0 unspecified atom stereocenters. The molecule has 7 heteroatoms. The molecule has 27 heavy (non-hydrogen) atoms. The van der Waals surface area contributed by atoms with Crippen LogP contribution in [0.25, 0.3) is 10.6 Å². The first-order valence-electron chi connectivity index (χ1n) is 8.37. The van der Waals surface area contributed by atoms with Crippen LogP contribution in [0.15, 0.2) is 60.7 Å². The van der Waals surface area contributed by atoms with E-state index in [0.29, 0.717) is 17.2 Å². The number of nitrogens with one attached hydrogen (secondary N) is 2. The number of aromatic nitrogens is 1. The molecule has 0 radical (unpaired) electrons. The van der Waals surface area contributed by atoms with E-state index in [1.54, 1.807) is 6.92 Å². The van der Waals surface area contributed by atoms with Crippen molar-refractivity contribution in [1.82, 2.24) is 15.8 Å². The Kier molecular flexibility index (Phi) is 6.30. The van der Waals surface area contributed by atoms with Crippen LogP contribution in [0.5, 0.6) is 0 Å². The third-order valence-corrected chi connectivity index (χ3v) is 4.89. The smallest absolute Gasteiger partial charge is 0.281 e. The predicted molar refractivity (Wildman–Crippen MR) is 104 cm³/mol. The number of aryl methyl sites for hydroxylation is 1. The number of hydrogen-bond donors (Lipinski definition) is 2. The summed E-state index contributed by atoms with van der Waals surface area (Å²) in [6.07, 6.45) is 0. The number of hydrogen-bond acceptors (Lipinski definition) is 5. The Morgan fingerprint density at radius 1 is 1.00 bits per heavy atom. The van der Waals surface area contributed by atoms with Crippen LogP contribution in [0.3, 0.4) is 0 Å². The molecule has 3 aromatic rings. The molecule has 2 N–H and O–H groups in total. The largest absolute Gasteiger partial charge is 0.367 e. The Morgan fingerprint density at radius 2 is 1.67 bits per heavy atom. The summed E-state index contributed by atoms with van der Waals surface area (Å²) in [5, 5.41) is 0.760. The van der Waals surface area contributed by atoms with Gasteiger partial charge in [0.25, 0.3) is 11.8 Å². The molecular formula is C20H19N3O3S. The van der Waals surface area contributed by atoms with Crippen LogP contribution in [-0.2, 0) is 16.1 Å². The highest BCUT2D eigenvalue weighted by Gasteiger charge is 2.16. The van der Waals surface area contributed by atoms with Gasteiger partial charge in [0, 0.05) is 5.56 Å². The van der Waals surface area contributed by atoms with Gasteiger partial charge in [0.05, 0.1) is 12.3 Å². The summed E-state index contributed by atoms with van der Waals surface area (Å²) in [5.74, 6) is -0.826. The summed E-state index contributed by atoms with van der Waals surface area (Å²) < 4.78 is 5.33. The summed E-state index contributed by atoms with van der Waals surface area (Å²) in [4.78, 5) is 29.0. The van der Waals surface area contributed by atoms with Gasteiger partial charge in [-0.25, -0.2) is 4.98 Å². The quantitative estimate of drug-likeness (QED) is 0.643. The topological polar surface area (TPSA) is 80.3 Å². The van der Waals surface area contributed by atoms with Crippen molar-refractivity contribution in [3.63, 3.8) is 0 Å². The lowest BCUT2D eigenvalue weighted by molar-refractivity contribution is -0.126. The summed E-state index contributed by atoms with van der Waals surface area (Å²) in [7, 11) is 0. The number of ether oxygens (including phenoxy) is 1. The monoisotopic (exact) mass is 381 g/mol. The molecule has 0 fully saturated rings. The predicted octanol–water partition coefficient (Wildman–Crippen LogP) is 3.10. The van der Waals surface area contributed by atoms with E-state index < -0.39 is 11.8 Å². The normalized spacial score (nSPS) is 10.4. The number of carbonyl (C=O) groups is 2. The third kappa shape index (κ3) is 5.22. The van der Waals surface area contributed by atoms with Crippen molar-refractivity contribution in [3.05, 3.63) is 76.8 Å². The molecule has 1 aromatic heterocycles. The molecule has 6 nitrogen and oxygen atoms in total. The number of benzene rings is 2. The fraction of sp³-hybridized carbons (Fsp3) is 0.150. The number of amides is 2. The first-order chi connectivity index (χ1) is 13.1. The first kappa shape index (κ1) is 18.8. The molecule has 0 saturated heterocycles. The van der Waals surface area contributed by atoms with Gasteiger partial charge >= 0.3 is 0 Å². The lowest BCUT2D eigenvalue weighted by atomic mass is 10.2. The molecule has 0 bridgehead atoms. The number of nitrogens with zero attached hydrogens (tertiary/aromatic N) is 1. The van der Waals surface area contributed by atoms with Crippen LogP contribution >= 0.6 is 11.3 Å². The molecule has 3 rings (SSSR count). The second-order valence-electron chi connectivity index (χ2n) is 5.78. The van der Waals surface area contributed by atoms with Gasteiger partial charge in [0.1, 0.15) is 16.5 Å². The van der Waals surface area contributed by atoms with Crippen molar-refractivity contribution in [2.75, 3.05) is 6.61 Å². The van der Waals surface area contributed by atoms with Crippen LogP contribution in [-0.4, -0.2) is 23.4 Å². The molecule has 0 saturated carbocycles. The van der Waals surface area contributed by atoms with Gasteiger partial charge < -0.3 is 4.74 Å². The average Bonchev–Trinajstić information content (AvgIpc) is 3.09. The zero-order valence-corrected chi connectivity index (χ0v) is 15.6. The zero-order valence-electron chi connectivity index (χ0n) is 14.8. The summed E-state index contributed by atoms with van der Waals surface area (Å²) in [6.45, 7) is 1.95. The zero-order chi connectivity index (χ0) is 19.1. The standard InChI is InChI=1S/C20H19N3O3S/c1-14-18(27-20(21-14)16-10-6-3-7-11-16)19(25)23-22-17(24)13-26-12-15-8-4-2-5-9-15/h2-11H,12-13H2,1H3,(H,22,24)(H,23,25). The molecule has 0 atom stereocenters. The average molecular weight is 381 g/mol. The minimum Gasteiger partial charge on any atom is -0.367 e. The van der Waals surface area contributed by atoms with Crippen molar-refractivity contribution in [3.8, 4) is 10.6 Å². The molecule has 0 aliphatic heterocycles. The Morgan fingerprint density at radius 3 is 2.37 bits per heavy atom. The van der Waals surface area contributed by atoms with Crippen LogP contribution in [0.1, 0.15) is 20.9 Å². The van der Waals surface area contributed by atoms with E-state index in [2.05, 4.69) is 15.8 Å². The van der Waals surface area contributed by atoms with Gasteiger partial charge in [-0.2, -0.15) is 0 Å². The van der Waals surface area contributed by atoms with E-state index >= 15 is 0 Å². The first-order valence-corrected chi connectivity index (χ1v) is 9.19. The Labute approximate surface area is 161 Å². The maximum atomic E-state index is 12.3. The second-order valence-corrected chi connectivity index (χ2v) is 6.78. The highest BCUT2D eigenvalue weighted by atomic mass is 32.1. The molecule has 0 spiro atoms. The van der Waals surface area contributed by atoms with Crippen molar-refractivity contribution in [1.29, 1.82) is 0 Å². The van der Waals surface area contributed by atoms with Gasteiger partial charge in [-0.15, -0.1) is 11.3 Å². The molecule has 138 valence electrons. The number of rotatable bonds is 6. The Hall–Kier alpha value is -3.03. The van der Waals surface area contributed by atoms with Crippen molar-refractivity contribution >= 4 is 23.2 Å². The van der Waals surface area contributed by atoms with Crippen LogP contribution in [0, 0.1) is 6.92 Å². The summed E-state index contributed by atoms with van der Waals surface area (Å²) >= 11 is 1.28. The van der Waals surface area contributed by atoms with Gasteiger partial charge in [-0.1, -0.05) is 60.7 Å². The van der Waals surface area contributed by atoms with E-state index in [-0.39, 0.29) is 6.61 Å². The van der Waals surface area contributed by atoms with E-state index in [0.717, 1.165) is 16.1 Å².